The fourth-order valence-corrected chi connectivity index (χ4v) is 9.34. The molecule has 73 heavy (non-hydrogen) atoms. The van der Waals surface area contributed by atoms with Crippen LogP contribution in [0.4, 0.5) is 22.9 Å². The average Bonchev–Trinajstić information content (AvgIpc) is 4.02. The number of β-amino-alcohol motifs (C(OH)–C–C–N with tert-alkyl or cyclic N) is 1. The number of ether oxygens (including phenoxy) is 4. The smallest absolute Gasteiger partial charge is 0.255 e. The van der Waals surface area contributed by atoms with Crippen molar-refractivity contribution in [1.29, 1.82) is 0 Å². The third kappa shape index (κ3) is 15.1. The Balaban J connectivity index is 0.734. The normalized spacial score (nSPS) is 16.6. The number of nitrogens with one attached hydrogen (secondary N) is 3. The SMILES string of the molecule is [C-]#[N+]c1ccc(N2CCN(c3ccc(NC(=O)c4ccc(OCCOCCOCCOCC(=O)N[C@H](C(=O)N5C[C@H](O)C[C@H]5C(=O)N[C@@H](C)c5ccc(-c6scnc6C)cc5)C(C)(C)C)cc4)cc3)CC2)nc1. The molecule has 4 amide bonds. The van der Waals surface area contributed by atoms with Crippen molar-refractivity contribution >= 4 is 57.8 Å². The second-order valence-electron chi connectivity index (χ2n) is 19.0. The topological polar surface area (TPSA) is 201 Å². The van der Waals surface area contributed by atoms with E-state index in [9.17, 15) is 24.3 Å². The minimum absolute atomic E-state index is 0.0290. The summed E-state index contributed by atoms with van der Waals surface area (Å²) >= 11 is 1.57. The van der Waals surface area contributed by atoms with E-state index in [-0.39, 0.29) is 50.6 Å². The van der Waals surface area contributed by atoms with Crippen LogP contribution < -0.4 is 30.5 Å². The van der Waals surface area contributed by atoms with Gasteiger partial charge in [0, 0.05) is 62.3 Å². The van der Waals surface area contributed by atoms with Gasteiger partial charge in [-0.25, -0.2) is 9.83 Å². The highest BCUT2D eigenvalue weighted by atomic mass is 32.1. The number of thiazole rings is 1. The molecule has 0 aliphatic carbocycles. The van der Waals surface area contributed by atoms with Gasteiger partial charge in [-0.1, -0.05) is 51.1 Å². The van der Waals surface area contributed by atoms with Gasteiger partial charge in [0.1, 0.15) is 36.9 Å². The summed E-state index contributed by atoms with van der Waals surface area (Å²) in [6, 6.07) is 24.0. The molecule has 2 aromatic heterocycles. The molecule has 4 heterocycles. The lowest BCUT2D eigenvalue weighted by Crippen LogP contribution is -2.58. The molecule has 7 rings (SSSR count). The van der Waals surface area contributed by atoms with Crippen LogP contribution in [0.5, 0.6) is 5.75 Å². The molecule has 5 aromatic rings. The Labute approximate surface area is 430 Å². The molecule has 2 saturated heterocycles. The fourth-order valence-electron chi connectivity index (χ4n) is 8.53. The number of hydrogen-bond donors (Lipinski definition) is 4. The maximum Gasteiger partial charge on any atom is 0.255 e. The van der Waals surface area contributed by atoms with Crippen LogP contribution in [0.25, 0.3) is 15.3 Å². The van der Waals surface area contributed by atoms with Crippen molar-refractivity contribution in [3.63, 3.8) is 0 Å². The number of hydrogen-bond acceptors (Lipinski definition) is 14. The van der Waals surface area contributed by atoms with Crippen molar-refractivity contribution in [2.45, 2.75) is 65.3 Å². The van der Waals surface area contributed by atoms with Crippen LogP contribution in [-0.4, -0.2) is 141 Å². The van der Waals surface area contributed by atoms with Gasteiger partial charge in [-0.05, 0) is 85.0 Å². The Morgan fingerprint density at radius 1 is 0.822 bits per heavy atom. The average molecular weight is 1020 g/mol. The molecule has 0 saturated carbocycles. The maximum atomic E-state index is 14.0. The molecule has 4 atom stereocenters. The number of aryl methyl sites for hydroxylation is 1. The van der Waals surface area contributed by atoms with Gasteiger partial charge in [-0.3, -0.25) is 24.2 Å². The zero-order valence-electron chi connectivity index (χ0n) is 42.0. The lowest BCUT2D eigenvalue weighted by atomic mass is 9.85. The lowest BCUT2D eigenvalue weighted by Gasteiger charge is -2.36. The molecule has 2 aliphatic heterocycles. The van der Waals surface area contributed by atoms with Crippen molar-refractivity contribution < 1.29 is 43.2 Å². The first-order chi connectivity index (χ1) is 35.2. The van der Waals surface area contributed by atoms with Gasteiger partial charge in [0.2, 0.25) is 23.4 Å². The molecule has 0 spiro atoms. The number of carbonyl (C=O) groups excluding carboxylic acids is 4. The van der Waals surface area contributed by atoms with Crippen molar-refractivity contribution in [2.75, 3.05) is 94.1 Å². The molecule has 19 heteroatoms. The number of aliphatic hydroxyl groups excluding tert-OH is 1. The van der Waals surface area contributed by atoms with Crippen molar-refractivity contribution in [3.8, 4) is 16.2 Å². The van der Waals surface area contributed by atoms with E-state index in [2.05, 4.69) is 40.6 Å². The number of pyridine rings is 1. The summed E-state index contributed by atoms with van der Waals surface area (Å²) in [5, 5.41) is 19.4. The summed E-state index contributed by atoms with van der Waals surface area (Å²) in [5.41, 5.74) is 6.79. The molecule has 4 N–H and O–H groups in total. The summed E-state index contributed by atoms with van der Waals surface area (Å²) in [6.07, 6.45) is 0.801. The zero-order valence-corrected chi connectivity index (χ0v) is 42.9. The van der Waals surface area contributed by atoms with Gasteiger partial charge in [-0.15, -0.1) is 11.3 Å². The number of benzene rings is 3. The second kappa shape index (κ2) is 25.6. The van der Waals surface area contributed by atoms with Gasteiger partial charge < -0.3 is 54.7 Å². The Kier molecular flexibility index (Phi) is 18.9. The van der Waals surface area contributed by atoms with E-state index in [1.54, 1.807) is 47.9 Å². The zero-order chi connectivity index (χ0) is 51.9. The van der Waals surface area contributed by atoms with E-state index in [0.29, 0.717) is 49.1 Å². The first-order valence-corrected chi connectivity index (χ1v) is 25.3. The number of anilines is 3. The fraction of sp³-hybridized carbons (Fsp3) is 0.426. The number of carbonyl (C=O) groups is 4. The number of likely N-dealkylation sites (tertiary alicyclic amines) is 1. The highest BCUT2D eigenvalue weighted by Gasteiger charge is 2.44. The van der Waals surface area contributed by atoms with E-state index in [1.807, 2.05) is 94.7 Å². The Bertz CT molecular complexity index is 2650. The molecular formula is C54H65N9O9S. The number of aromatic nitrogens is 2. The molecule has 2 aliphatic rings. The van der Waals surface area contributed by atoms with Crippen LogP contribution in [0.15, 0.2) is 96.6 Å². The lowest BCUT2D eigenvalue weighted by molar-refractivity contribution is -0.144. The number of aliphatic hydroxyl groups is 1. The van der Waals surface area contributed by atoms with Gasteiger partial charge in [0.05, 0.1) is 67.8 Å². The minimum Gasteiger partial charge on any atom is -0.491 e. The van der Waals surface area contributed by atoms with Crippen molar-refractivity contribution in [1.82, 2.24) is 25.5 Å². The van der Waals surface area contributed by atoms with Gasteiger partial charge in [-0.2, -0.15) is 0 Å². The summed E-state index contributed by atoms with van der Waals surface area (Å²) in [4.78, 5) is 72.8. The highest BCUT2D eigenvalue weighted by Crippen LogP contribution is 2.30. The Hall–Kier alpha value is -6.95. The number of amides is 4. The molecule has 0 bridgehead atoms. The Morgan fingerprint density at radius 3 is 2.10 bits per heavy atom. The van der Waals surface area contributed by atoms with Crippen LogP contribution in [0.2, 0.25) is 0 Å². The summed E-state index contributed by atoms with van der Waals surface area (Å²) in [7, 11) is 0. The molecule has 0 unspecified atom stereocenters. The Morgan fingerprint density at radius 2 is 1.48 bits per heavy atom. The van der Waals surface area contributed by atoms with Crippen molar-refractivity contribution in [2.24, 2.45) is 5.41 Å². The van der Waals surface area contributed by atoms with Crippen LogP contribution in [-0.2, 0) is 28.6 Å². The van der Waals surface area contributed by atoms with Crippen LogP contribution >= 0.6 is 11.3 Å². The van der Waals surface area contributed by atoms with E-state index < -0.39 is 35.4 Å². The predicted octanol–water partition coefficient (Wildman–Crippen LogP) is 6.44. The highest BCUT2D eigenvalue weighted by molar-refractivity contribution is 7.13. The predicted molar refractivity (Wildman–Crippen MR) is 280 cm³/mol. The van der Waals surface area contributed by atoms with Gasteiger partial charge in [0.25, 0.3) is 5.91 Å². The third-order valence-corrected chi connectivity index (χ3v) is 13.6. The standard InChI is InChI=1S/C54H65N9O9S/c1-36(38-7-9-39(10-8-38)49-37(2)57-35-73-49)58-52(67)46-31-44(64)33-63(46)53(68)50(54(3,4)5)60-48(65)34-71-28-27-69-25-26-70-29-30-72-45-18-11-40(12-19-45)51(66)59-41-13-16-43(17-14-41)61-21-23-62(24-22-61)47-20-15-42(55-6)32-56-47/h7-20,32,35-36,44,46,50,64H,21-31,33-34H2,1-5H3,(H,58,67)(H,59,66)(H,60,65)/t36-,44+,46-,50+/m0/s1. The monoisotopic (exact) mass is 1020 g/mol. The molecule has 3 aromatic carbocycles. The van der Waals surface area contributed by atoms with Gasteiger partial charge >= 0.3 is 0 Å². The minimum atomic E-state index is -0.982. The third-order valence-electron chi connectivity index (χ3n) is 12.6. The molecular weight excluding hydrogens is 951 g/mol. The van der Waals surface area contributed by atoms with E-state index in [0.717, 1.165) is 59.4 Å². The van der Waals surface area contributed by atoms with Crippen LogP contribution in [0.3, 0.4) is 0 Å². The van der Waals surface area contributed by atoms with E-state index >= 15 is 0 Å². The molecule has 2 fully saturated rings. The summed E-state index contributed by atoms with van der Waals surface area (Å²) in [5.74, 6) is -0.0841. The maximum absolute atomic E-state index is 14.0. The number of nitrogens with zero attached hydrogens (tertiary/aromatic N) is 6. The van der Waals surface area contributed by atoms with E-state index in [1.165, 1.54) is 4.90 Å². The van der Waals surface area contributed by atoms with Crippen molar-refractivity contribution in [3.05, 3.63) is 125 Å². The summed E-state index contributed by atoms with van der Waals surface area (Å²) in [6.45, 7) is 21.0. The van der Waals surface area contributed by atoms with E-state index in [4.69, 9.17) is 25.5 Å². The molecule has 0 radical (unpaired) electrons. The quantitative estimate of drug-likeness (QED) is 0.0437. The first kappa shape index (κ1) is 53.8. The summed E-state index contributed by atoms with van der Waals surface area (Å²) < 4.78 is 22.5. The first-order valence-electron chi connectivity index (χ1n) is 24.5. The number of piperazine rings is 1. The molecule has 386 valence electrons. The number of rotatable bonds is 22. The van der Waals surface area contributed by atoms with Gasteiger partial charge in [0.15, 0.2) is 0 Å². The van der Waals surface area contributed by atoms with Crippen LogP contribution in [0.1, 0.15) is 61.8 Å². The largest absolute Gasteiger partial charge is 0.491 e. The van der Waals surface area contributed by atoms with Crippen LogP contribution in [0, 0.1) is 18.9 Å². The molecule has 18 nitrogen and oxygen atoms in total. The second-order valence-corrected chi connectivity index (χ2v) is 19.8.